The molecule has 0 radical (unpaired) electrons. The number of benzene rings is 1. The van der Waals surface area contributed by atoms with E-state index in [1.165, 1.54) is 31.4 Å². The fourth-order valence-corrected chi connectivity index (χ4v) is 1.79. The van der Waals surface area contributed by atoms with Crippen molar-refractivity contribution in [2.75, 3.05) is 7.11 Å². The standard InChI is InChI=1S/C9H9NO5S/c1-15-8-4-6(2-3-7(8)11)9(5-10)16(12,13)14/h2-4,9,11H,1H3,(H,12,13,14)/t9-/m0/s1. The molecule has 1 aromatic rings. The summed E-state index contributed by atoms with van der Waals surface area (Å²) in [5, 5.41) is 16.2. The molecule has 2 N–H and O–H groups in total. The van der Waals surface area contributed by atoms with E-state index in [4.69, 9.17) is 14.6 Å². The highest BCUT2D eigenvalue weighted by Crippen LogP contribution is 2.31. The van der Waals surface area contributed by atoms with Gasteiger partial charge in [-0.1, -0.05) is 6.07 Å². The summed E-state index contributed by atoms with van der Waals surface area (Å²) in [6.07, 6.45) is 0. The second kappa shape index (κ2) is 4.38. The van der Waals surface area contributed by atoms with Crippen molar-refractivity contribution in [3.05, 3.63) is 23.8 Å². The van der Waals surface area contributed by atoms with Crippen molar-refractivity contribution >= 4 is 10.1 Å². The van der Waals surface area contributed by atoms with Crippen LogP contribution in [0.25, 0.3) is 0 Å². The lowest BCUT2D eigenvalue weighted by Crippen LogP contribution is -2.10. The minimum atomic E-state index is -4.50. The summed E-state index contributed by atoms with van der Waals surface area (Å²) >= 11 is 0. The fourth-order valence-electron chi connectivity index (χ4n) is 1.17. The van der Waals surface area contributed by atoms with Crippen molar-refractivity contribution in [2.45, 2.75) is 5.25 Å². The van der Waals surface area contributed by atoms with Gasteiger partial charge in [-0.2, -0.15) is 13.7 Å². The molecule has 0 unspecified atom stereocenters. The zero-order chi connectivity index (χ0) is 12.3. The third-order valence-electron chi connectivity index (χ3n) is 1.92. The topological polar surface area (TPSA) is 108 Å². The highest BCUT2D eigenvalue weighted by Gasteiger charge is 2.25. The van der Waals surface area contributed by atoms with E-state index in [9.17, 15) is 13.5 Å². The predicted molar refractivity (Wildman–Crippen MR) is 54.6 cm³/mol. The molecular weight excluding hydrogens is 234 g/mol. The van der Waals surface area contributed by atoms with Gasteiger partial charge in [-0.25, -0.2) is 0 Å². The van der Waals surface area contributed by atoms with E-state index in [1.54, 1.807) is 0 Å². The van der Waals surface area contributed by atoms with Gasteiger partial charge in [-0.05, 0) is 17.7 Å². The van der Waals surface area contributed by atoms with Crippen molar-refractivity contribution < 1.29 is 22.8 Å². The summed E-state index contributed by atoms with van der Waals surface area (Å²) in [5.41, 5.74) is 0.0275. The number of hydrogen-bond acceptors (Lipinski definition) is 5. The Kier molecular flexibility index (Phi) is 3.37. The fraction of sp³-hybridized carbons (Fsp3) is 0.222. The molecule has 0 saturated heterocycles. The second-order valence-electron chi connectivity index (χ2n) is 2.96. The zero-order valence-electron chi connectivity index (χ0n) is 8.28. The van der Waals surface area contributed by atoms with Gasteiger partial charge in [0, 0.05) is 0 Å². The molecule has 86 valence electrons. The minimum Gasteiger partial charge on any atom is -0.504 e. The molecule has 0 bridgehead atoms. The predicted octanol–water partition coefficient (Wildman–Crippen LogP) is 0.853. The minimum absolute atomic E-state index is 0.0275. The molecular formula is C9H9NO5S. The first-order valence-electron chi connectivity index (χ1n) is 4.13. The van der Waals surface area contributed by atoms with Gasteiger partial charge in [0.1, 0.15) is 0 Å². The first-order chi connectivity index (χ1) is 7.40. The Morgan fingerprint density at radius 2 is 2.12 bits per heavy atom. The van der Waals surface area contributed by atoms with Crippen molar-refractivity contribution in [2.24, 2.45) is 0 Å². The molecule has 1 atom stereocenters. The Morgan fingerprint density at radius 1 is 1.50 bits per heavy atom. The van der Waals surface area contributed by atoms with Crippen LogP contribution in [0.5, 0.6) is 11.5 Å². The number of phenolic OH excluding ortho intramolecular Hbond substituents is 1. The number of nitriles is 1. The van der Waals surface area contributed by atoms with E-state index in [0.717, 1.165) is 0 Å². The van der Waals surface area contributed by atoms with Crippen LogP contribution in [-0.2, 0) is 10.1 Å². The largest absolute Gasteiger partial charge is 0.504 e. The lowest BCUT2D eigenvalue weighted by Gasteiger charge is -2.09. The normalized spacial score (nSPS) is 12.8. The van der Waals surface area contributed by atoms with E-state index >= 15 is 0 Å². The Bertz CT molecular complexity index is 531. The lowest BCUT2D eigenvalue weighted by atomic mass is 10.1. The quantitative estimate of drug-likeness (QED) is 0.762. The first kappa shape index (κ1) is 12.3. The maximum absolute atomic E-state index is 10.9. The van der Waals surface area contributed by atoms with E-state index in [-0.39, 0.29) is 17.1 Å². The maximum atomic E-state index is 10.9. The molecule has 0 heterocycles. The van der Waals surface area contributed by atoms with Crippen LogP contribution in [-0.4, -0.2) is 25.2 Å². The summed E-state index contributed by atoms with van der Waals surface area (Å²) in [7, 11) is -3.22. The molecule has 0 aromatic heterocycles. The van der Waals surface area contributed by atoms with Gasteiger partial charge in [0.25, 0.3) is 10.1 Å². The molecule has 1 rings (SSSR count). The van der Waals surface area contributed by atoms with E-state index in [2.05, 4.69) is 0 Å². The molecule has 0 spiro atoms. The van der Waals surface area contributed by atoms with Gasteiger partial charge in [0.15, 0.2) is 16.7 Å². The second-order valence-corrected chi connectivity index (χ2v) is 4.46. The first-order valence-corrected chi connectivity index (χ1v) is 5.63. The van der Waals surface area contributed by atoms with Crippen molar-refractivity contribution in [1.29, 1.82) is 5.26 Å². The van der Waals surface area contributed by atoms with Crippen LogP contribution < -0.4 is 4.74 Å². The molecule has 0 aliphatic heterocycles. The number of ether oxygens (including phenoxy) is 1. The molecule has 7 heteroatoms. The van der Waals surface area contributed by atoms with Gasteiger partial charge in [-0.15, -0.1) is 0 Å². The Morgan fingerprint density at radius 3 is 2.56 bits per heavy atom. The van der Waals surface area contributed by atoms with Crippen molar-refractivity contribution in [1.82, 2.24) is 0 Å². The number of methoxy groups -OCH3 is 1. The number of rotatable bonds is 3. The average Bonchev–Trinajstić information content (AvgIpc) is 2.19. The van der Waals surface area contributed by atoms with Gasteiger partial charge in [-0.3, -0.25) is 4.55 Å². The molecule has 0 aliphatic rings. The summed E-state index contributed by atoms with van der Waals surface area (Å²) in [6, 6.07) is 5.04. The van der Waals surface area contributed by atoms with Gasteiger partial charge < -0.3 is 9.84 Å². The van der Waals surface area contributed by atoms with E-state index < -0.39 is 15.4 Å². The van der Waals surface area contributed by atoms with E-state index in [1.807, 2.05) is 0 Å². The SMILES string of the molecule is COc1cc([C@H](C#N)S(=O)(=O)O)ccc1O. The Balaban J connectivity index is 3.29. The average molecular weight is 243 g/mol. The molecule has 0 saturated carbocycles. The van der Waals surface area contributed by atoms with Gasteiger partial charge >= 0.3 is 0 Å². The van der Waals surface area contributed by atoms with Crippen molar-refractivity contribution in [3.8, 4) is 17.6 Å². The van der Waals surface area contributed by atoms with Gasteiger partial charge in [0.2, 0.25) is 0 Å². The Labute approximate surface area is 92.5 Å². The number of phenols is 1. The van der Waals surface area contributed by atoms with E-state index in [0.29, 0.717) is 0 Å². The van der Waals surface area contributed by atoms with Crippen LogP contribution >= 0.6 is 0 Å². The highest BCUT2D eigenvalue weighted by molar-refractivity contribution is 7.86. The third-order valence-corrected chi connectivity index (χ3v) is 2.89. The molecule has 0 fully saturated rings. The van der Waals surface area contributed by atoms with Gasteiger partial charge in [0.05, 0.1) is 13.2 Å². The summed E-state index contributed by atoms with van der Waals surface area (Å²) in [5.74, 6) is -0.153. The molecule has 6 nitrogen and oxygen atoms in total. The highest BCUT2D eigenvalue weighted by atomic mass is 32.2. The maximum Gasteiger partial charge on any atom is 0.285 e. The summed E-state index contributed by atoms with van der Waals surface area (Å²) < 4.78 is 35.3. The van der Waals surface area contributed by atoms with Crippen LogP contribution in [0.2, 0.25) is 0 Å². The van der Waals surface area contributed by atoms with Crippen LogP contribution in [0, 0.1) is 11.3 Å². The smallest absolute Gasteiger partial charge is 0.285 e. The van der Waals surface area contributed by atoms with Crippen molar-refractivity contribution in [3.63, 3.8) is 0 Å². The third kappa shape index (κ3) is 2.42. The number of hydrogen-bond donors (Lipinski definition) is 2. The van der Waals surface area contributed by atoms with Crippen LogP contribution in [0.3, 0.4) is 0 Å². The summed E-state index contributed by atoms with van der Waals surface area (Å²) in [4.78, 5) is 0. The molecule has 16 heavy (non-hydrogen) atoms. The Hall–Kier alpha value is -1.78. The monoisotopic (exact) mass is 243 g/mol. The number of nitrogens with zero attached hydrogens (tertiary/aromatic N) is 1. The van der Waals surface area contributed by atoms with Crippen LogP contribution in [0.15, 0.2) is 18.2 Å². The molecule has 0 amide bonds. The molecule has 1 aromatic carbocycles. The lowest BCUT2D eigenvalue weighted by molar-refractivity contribution is 0.373. The summed E-state index contributed by atoms with van der Waals surface area (Å²) in [6.45, 7) is 0. The number of aromatic hydroxyl groups is 1. The zero-order valence-corrected chi connectivity index (χ0v) is 9.10. The molecule has 0 aliphatic carbocycles. The van der Waals surface area contributed by atoms with Crippen LogP contribution in [0.1, 0.15) is 10.8 Å². The van der Waals surface area contributed by atoms with Crippen LogP contribution in [0.4, 0.5) is 0 Å².